The molecule has 5 nitrogen and oxygen atoms in total. The van der Waals surface area contributed by atoms with Gasteiger partial charge in [0.1, 0.15) is 5.75 Å². The van der Waals surface area contributed by atoms with Crippen molar-refractivity contribution < 1.29 is 4.74 Å². The van der Waals surface area contributed by atoms with Gasteiger partial charge in [-0.1, -0.05) is 30.3 Å². The summed E-state index contributed by atoms with van der Waals surface area (Å²) in [5.74, 6) is 1.66. The van der Waals surface area contributed by atoms with Gasteiger partial charge in [0.25, 0.3) is 0 Å². The molecule has 1 heterocycles. The molecule has 0 aliphatic carbocycles. The van der Waals surface area contributed by atoms with Gasteiger partial charge in [-0.05, 0) is 35.7 Å². The van der Waals surface area contributed by atoms with Gasteiger partial charge < -0.3 is 20.4 Å². The number of benzene rings is 2. The van der Waals surface area contributed by atoms with E-state index in [4.69, 9.17) is 4.74 Å². The second-order valence-electron chi connectivity index (χ2n) is 5.81. The molecule has 3 rings (SSSR count). The highest BCUT2D eigenvalue weighted by Gasteiger charge is 2.04. The number of H-pyrrole nitrogens is 1. The number of aromatic nitrogens is 1. The zero-order chi connectivity index (χ0) is 17.5. The van der Waals surface area contributed by atoms with Crippen molar-refractivity contribution in [3.8, 4) is 5.75 Å². The fourth-order valence-electron chi connectivity index (χ4n) is 2.84. The first-order valence-electron chi connectivity index (χ1n) is 8.42. The summed E-state index contributed by atoms with van der Waals surface area (Å²) < 4.78 is 5.25. The van der Waals surface area contributed by atoms with Crippen molar-refractivity contribution in [3.05, 3.63) is 65.9 Å². The van der Waals surface area contributed by atoms with Crippen LogP contribution < -0.4 is 15.4 Å². The molecule has 0 saturated carbocycles. The maximum atomic E-state index is 5.25. The van der Waals surface area contributed by atoms with Gasteiger partial charge in [-0.25, -0.2) is 0 Å². The second-order valence-corrected chi connectivity index (χ2v) is 5.81. The van der Waals surface area contributed by atoms with E-state index in [0.717, 1.165) is 30.2 Å². The van der Waals surface area contributed by atoms with Gasteiger partial charge >= 0.3 is 0 Å². The first-order chi connectivity index (χ1) is 12.3. The van der Waals surface area contributed by atoms with Gasteiger partial charge in [0, 0.05) is 37.2 Å². The number of fused-ring (bicyclic) bond motifs is 1. The maximum absolute atomic E-state index is 5.25. The molecule has 26 heavy (non-hydrogen) atoms. The Balaban J connectivity index is 0.00000243. The number of aromatic amines is 1. The standard InChI is InChI=1S/C20H24N4O.HI/c1-21-20(24-13-15-6-5-7-17(12-15)25-2)22-11-10-16-14-23-19-9-4-3-8-18(16)19;/h3-9,12,14,23H,10-11,13H2,1-2H3,(H2,21,22,24);1H. The van der Waals surface area contributed by atoms with Crippen molar-refractivity contribution in [1.82, 2.24) is 15.6 Å². The fourth-order valence-corrected chi connectivity index (χ4v) is 2.84. The summed E-state index contributed by atoms with van der Waals surface area (Å²) in [6.45, 7) is 1.52. The second kappa shape index (κ2) is 10.1. The van der Waals surface area contributed by atoms with Gasteiger partial charge in [0.05, 0.1) is 7.11 Å². The molecule has 3 N–H and O–H groups in total. The Morgan fingerprint density at radius 1 is 1.12 bits per heavy atom. The zero-order valence-electron chi connectivity index (χ0n) is 15.1. The minimum absolute atomic E-state index is 0. The average molecular weight is 464 g/mol. The van der Waals surface area contributed by atoms with E-state index in [9.17, 15) is 0 Å². The molecule has 0 saturated heterocycles. The van der Waals surface area contributed by atoms with E-state index in [1.165, 1.54) is 16.5 Å². The molecular formula is C20H25IN4O. The van der Waals surface area contributed by atoms with E-state index >= 15 is 0 Å². The number of hydrogen-bond donors (Lipinski definition) is 3. The van der Waals surface area contributed by atoms with Gasteiger partial charge in [-0.2, -0.15) is 0 Å². The van der Waals surface area contributed by atoms with Gasteiger partial charge in [0.2, 0.25) is 0 Å². The Bertz CT molecular complexity index is 860. The summed E-state index contributed by atoms with van der Waals surface area (Å²) in [7, 11) is 3.46. The molecule has 0 bridgehead atoms. The Hall–Kier alpha value is -2.22. The number of para-hydroxylation sites is 1. The van der Waals surface area contributed by atoms with Crippen LogP contribution in [-0.4, -0.2) is 31.6 Å². The first-order valence-corrected chi connectivity index (χ1v) is 8.42. The molecule has 0 atom stereocenters. The summed E-state index contributed by atoms with van der Waals surface area (Å²) in [5.41, 5.74) is 3.64. The first kappa shape index (κ1) is 20.1. The summed E-state index contributed by atoms with van der Waals surface area (Å²) in [6.07, 6.45) is 3.02. The fraction of sp³-hybridized carbons (Fsp3) is 0.250. The summed E-state index contributed by atoms with van der Waals surface area (Å²) in [5, 5.41) is 7.98. The topological polar surface area (TPSA) is 61.4 Å². The van der Waals surface area contributed by atoms with Crippen molar-refractivity contribution in [1.29, 1.82) is 0 Å². The predicted molar refractivity (Wildman–Crippen MR) is 119 cm³/mol. The highest BCUT2D eigenvalue weighted by Crippen LogP contribution is 2.17. The SMILES string of the molecule is CN=C(NCCc1c[nH]c2ccccc12)NCc1cccc(OC)c1.I. The van der Waals surface area contributed by atoms with E-state index in [2.05, 4.69) is 51.1 Å². The largest absolute Gasteiger partial charge is 0.497 e. The third-order valence-electron chi connectivity index (χ3n) is 4.18. The number of hydrogen-bond acceptors (Lipinski definition) is 2. The van der Waals surface area contributed by atoms with Crippen LogP contribution in [0.25, 0.3) is 10.9 Å². The number of guanidine groups is 1. The normalized spacial score (nSPS) is 11.1. The molecule has 0 fully saturated rings. The summed E-state index contributed by atoms with van der Waals surface area (Å²) in [6, 6.07) is 16.4. The van der Waals surface area contributed by atoms with Crippen molar-refractivity contribution in [2.45, 2.75) is 13.0 Å². The van der Waals surface area contributed by atoms with E-state index in [-0.39, 0.29) is 24.0 Å². The lowest BCUT2D eigenvalue weighted by Crippen LogP contribution is -2.37. The quantitative estimate of drug-likeness (QED) is 0.296. The van der Waals surface area contributed by atoms with Crippen molar-refractivity contribution >= 4 is 40.8 Å². The van der Waals surface area contributed by atoms with Crippen LogP contribution in [0, 0.1) is 0 Å². The number of methoxy groups -OCH3 is 1. The van der Waals surface area contributed by atoms with Crippen LogP contribution in [0.1, 0.15) is 11.1 Å². The van der Waals surface area contributed by atoms with E-state index < -0.39 is 0 Å². The van der Waals surface area contributed by atoms with Crippen molar-refractivity contribution in [3.63, 3.8) is 0 Å². The number of rotatable bonds is 6. The average Bonchev–Trinajstić information content (AvgIpc) is 3.08. The summed E-state index contributed by atoms with van der Waals surface area (Å²) in [4.78, 5) is 7.59. The van der Waals surface area contributed by atoms with Crippen LogP contribution >= 0.6 is 24.0 Å². The minimum atomic E-state index is 0. The summed E-state index contributed by atoms with van der Waals surface area (Å²) >= 11 is 0. The van der Waals surface area contributed by atoms with E-state index in [0.29, 0.717) is 6.54 Å². The Morgan fingerprint density at radius 3 is 2.77 bits per heavy atom. The molecule has 0 amide bonds. The minimum Gasteiger partial charge on any atom is -0.497 e. The van der Waals surface area contributed by atoms with Gasteiger partial charge in [0.15, 0.2) is 5.96 Å². The van der Waals surface area contributed by atoms with Crippen molar-refractivity contribution in [2.24, 2.45) is 4.99 Å². The van der Waals surface area contributed by atoms with Crippen LogP contribution in [0.2, 0.25) is 0 Å². The monoisotopic (exact) mass is 464 g/mol. The number of nitrogens with one attached hydrogen (secondary N) is 3. The van der Waals surface area contributed by atoms with Gasteiger partial charge in [-0.3, -0.25) is 4.99 Å². The third-order valence-corrected chi connectivity index (χ3v) is 4.18. The van der Waals surface area contributed by atoms with Crippen LogP contribution in [0.4, 0.5) is 0 Å². The number of halogens is 1. The molecule has 0 unspecified atom stereocenters. The van der Waals surface area contributed by atoms with Crippen LogP contribution in [0.15, 0.2) is 59.7 Å². The lowest BCUT2D eigenvalue weighted by atomic mass is 10.1. The van der Waals surface area contributed by atoms with E-state index in [1.54, 1.807) is 14.2 Å². The lowest BCUT2D eigenvalue weighted by Gasteiger charge is -2.12. The molecule has 6 heteroatoms. The number of ether oxygens (including phenoxy) is 1. The van der Waals surface area contributed by atoms with Crippen LogP contribution in [0.3, 0.4) is 0 Å². The molecular weight excluding hydrogens is 439 g/mol. The highest BCUT2D eigenvalue weighted by atomic mass is 127. The number of nitrogens with zero attached hydrogens (tertiary/aromatic N) is 1. The molecule has 0 aliphatic rings. The molecule has 0 aliphatic heterocycles. The highest BCUT2D eigenvalue weighted by molar-refractivity contribution is 14.0. The Labute approximate surface area is 171 Å². The van der Waals surface area contributed by atoms with Gasteiger partial charge in [-0.15, -0.1) is 24.0 Å². The maximum Gasteiger partial charge on any atom is 0.191 e. The molecule has 0 spiro atoms. The molecule has 138 valence electrons. The van der Waals surface area contributed by atoms with Crippen LogP contribution in [-0.2, 0) is 13.0 Å². The Morgan fingerprint density at radius 2 is 1.96 bits per heavy atom. The van der Waals surface area contributed by atoms with Crippen LogP contribution in [0.5, 0.6) is 5.75 Å². The lowest BCUT2D eigenvalue weighted by molar-refractivity contribution is 0.414. The zero-order valence-corrected chi connectivity index (χ0v) is 17.4. The molecule has 0 radical (unpaired) electrons. The molecule has 2 aromatic carbocycles. The Kier molecular flexibility index (Phi) is 7.77. The van der Waals surface area contributed by atoms with Crippen molar-refractivity contribution in [2.75, 3.05) is 20.7 Å². The number of aliphatic imine (C=N–C) groups is 1. The van der Waals surface area contributed by atoms with E-state index in [1.807, 2.05) is 24.3 Å². The molecule has 3 aromatic rings. The predicted octanol–water partition coefficient (Wildman–Crippen LogP) is 3.70. The smallest absolute Gasteiger partial charge is 0.191 e. The molecule has 1 aromatic heterocycles. The third kappa shape index (κ3) is 5.14.